The highest BCUT2D eigenvalue weighted by Gasteiger charge is 2.24. The van der Waals surface area contributed by atoms with E-state index in [2.05, 4.69) is 16.0 Å². The number of methoxy groups -OCH3 is 1. The third-order valence-corrected chi connectivity index (χ3v) is 8.35. The molecule has 0 bridgehead atoms. The van der Waals surface area contributed by atoms with E-state index in [1.807, 2.05) is 32.0 Å². The number of carbonyl (C=O) groups is 1. The van der Waals surface area contributed by atoms with E-state index < -0.39 is 9.84 Å². The first-order valence-electron chi connectivity index (χ1n) is 10.7. The van der Waals surface area contributed by atoms with E-state index in [0.29, 0.717) is 16.6 Å². The van der Waals surface area contributed by atoms with E-state index in [1.54, 1.807) is 24.4 Å². The smallest absolute Gasteiger partial charge is 0.230 e. The summed E-state index contributed by atoms with van der Waals surface area (Å²) < 4.78 is 31.7. The standard InChI is InChI=1S/C25H25N3O4S2/c1-17-14-22-23(15-18(17)2)33-25(27-22)28(16-19-6-4-5-12-26-19)24(29)11-13-34(30,31)21-9-7-20(32-3)8-10-21/h4-10,12,14-15H,11,13,16H2,1-3H3. The van der Waals surface area contributed by atoms with Crippen LogP contribution in [0.25, 0.3) is 10.2 Å². The molecule has 0 atom stereocenters. The molecular weight excluding hydrogens is 470 g/mol. The maximum absolute atomic E-state index is 13.3. The van der Waals surface area contributed by atoms with Crippen molar-refractivity contribution in [3.05, 3.63) is 77.6 Å². The summed E-state index contributed by atoms with van der Waals surface area (Å²) in [6.07, 6.45) is 1.49. The Hall–Kier alpha value is -3.30. The van der Waals surface area contributed by atoms with Gasteiger partial charge in [0, 0.05) is 12.6 Å². The lowest BCUT2D eigenvalue weighted by Gasteiger charge is -2.19. The Morgan fingerprint density at radius 3 is 2.47 bits per heavy atom. The van der Waals surface area contributed by atoms with Crippen LogP contribution in [0.3, 0.4) is 0 Å². The van der Waals surface area contributed by atoms with E-state index in [1.165, 1.54) is 35.5 Å². The Balaban J connectivity index is 1.60. The zero-order valence-electron chi connectivity index (χ0n) is 19.2. The van der Waals surface area contributed by atoms with Crippen molar-refractivity contribution in [1.82, 2.24) is 9.97 Å². The summed E-state index contributed by atoms with van der Waals surface area (Å²) in [7, 11) is -2.12. The van der Waals surface area contributed by atoms with Crippen molar-refractivity contribution >= 4 is 42.4 Å². The van der Waals surface area contributed by atoms with Crippen LogP contribution < -0.4 is 9.64 Å². The molecule has 34 heavy (non-hydrogen) atoms. The van der Waals surface area contributed by atoms with Gasteiger partial charge in [-0.2, -0.15) is 0 Å². The minimum atomic E-state index is -3.64. The van der Waals surface area contributed by atoms with Gasteiger partial charge in [-0.3, -0.25) is 14.7 Å². The van der Waals surface area contributed by atoms with Gasteiger partial charge < -0.3 is 4.74 Å². The summed E-state index contributed by atoms with van der Waals surface area (Å²) >= 11 is 1.41. The molecular formula is C25H25N3O4S2. The minimum Gasteiger partial charge on any atom is -0.497 e. The number of carbonyl (C=O) groups excluding carboxylic acids is 1. The Labute approximate surface area is 203 Å². The number of pyridine rings is 1. The number of sulfone groups is 1. The largest absolute Gasteiger partial charge is 0.497 e. The third-order valence-electron chi connectivity index (χ3n) is 5.57. The van der Waals surface area contributed by atoms with Gasteiger partial charge >= 0.3 is 0 Å². The summed E-state index contributed by atoms with van der Waals surface area (Å²) in [5.41, 5.74) is 3.78. The number of nitrogens with zero attached hydrogens (tertiary/aromatic N) is 3. The first kappa shape index (κ1) is 23.8. The highest BCUT2D eigenvalue weighted by Crippen LogP contribution is 2.32. The Kier molecular flexibility index (Phi) is 6.95. The van der Waals surface area contributed by atoms with Crippen molar-refractivity contribution in [1.29, 1.82) is 0 Å². The molecule has 0 aliphatic rings. The van der Waals surface area contributed by atoms with Crippen molar-refractivity contribution in [2.45, 2.75) is 31.7 Å². The van der Waals surface area contributed by atoms with E-state index >= 15 is 0 Å². The molecule has 2 heterocycles. The lowest BCUT2D eigenvalue weighted by Crippen LogP contribution is -2.32. The number of aromatic nitrogens is 2. The van der Waals surface area contributed by atoms with Crippen LogP contribution in [0.15, 0.2) is 65.7 Å². The zero-order chi connectivity index (χ0) is 24.3. The molecule has 0 aliphatic heterocycles. The number of rotatable bonds is 8. The second kappa shape index (κ2) is 9.90. The number of benzene rings is 2. The lowest BCUT2D eigenvalue weighted by atomic mass is 10.1. The van der Waals surface area contributed by atoms with Gasteiger partial charge in [0.15, 0.2) is 15.0 Å². The number of amides is 1. The predicted octanol–water partition coefficient (Wildman–Crippen LogP) is 4.71. The fraction of sp³-hybridized carbons (Fsp3) is 0.240. The Bertz CT molecular complexity index is 1380. The molecule has 0 aliphatic carbocycles. The molecule has 0 N–H and O–H groups in total. The van der Waals surface area contributed by atoms with Gasteiger partial charge in [0.05, 0.1) is 40.2 Å². The van der Waals surface area contributed by atoms with Crippen molar-refractivity contribution in [3.63, 3.8) is 0 Å². The summed E-state index contributed by atoms with van der Waals surface area (Å²) in [4.78, 5) is 24.0. The van der Waals surface area contributed by atoms with Crippen LogP contribution in [0.5, 0.6) is 5.75 Å². The molecule has 9 heteroatoms. The molecule has 1 amide bonds. The maximum Gasteiger partial charge on any atom is 0.230 e. The van der Waals surface area contributed by atoms with Gasteiger partial charge in [0.1, 0.15) is 5.75 Å². The summed E-state index contributed by atoms with van der Waals surface area (Å²) in [6, 6.07) is 15.7. The Morgan fingerprint density at radius 2 is 1.79 bits per heavy atom. The van der Waals surface area contributed by atoms with E-state index in [-0.39, 0.29) is 29.5 Å². The van der Waals surface area contributed by atoms with Gasteiger partial charge in [-0.1, -0.05) is 17.4 Å². The summed E-state index contributed by atoms with van der Waals surface area (Å²) in [5, 5.41) is 0.525. The SMILES string of the molecule is COc1ccc(S(=O)(=O)CCC(=O)N(Cc2ccccn2)c2nc3cc(C)c(C)cc3s2)cc1. The number of fused-ring (bicyclic) bond motifs is 1. The topological polar surface area (TPSA) is 89.5 Å². The average Bonchev–Trinajstić information content (AvgIpc) is 3.24. The van der Waals surface area contributed by atoms with Crippen LogP contribution in [-0.2, 0) is 21.2 Å². The van der Waals surface area contributed by atoms with Crippen molar-refractivity contribution < 1.29 is 17.9 Å². The number of aryl methyl sites for hydroxylation is 2. The summed E-state index contributed by atoms with van der Waals surface area (Å²) in [5.74, 6) is -0.0619. The van der Waals surface area contributed by atoms with Crippen LogP contribution in [0.4, 0.5) is 5.13 Å². The fourth-order valence-corrected chi connectivity index (χ4v) is 5.75. The number of hydrogen-bond acceptors (Lipinski definition) is 7. The molecule has 4 rings (SSSR count). The predicted molar refractivity (Wildman–Crippen MR) is 134 cm³/mol. The molecule has 0 saturated heterocycles. The number of hydrogen-bond donors (Lipinski definition) is 0. The number of ether oxygens (including phenoxy) is 1. The molecule has 7 nitrogen and oxygen atoms in total. The van der Waals surface area contributed by atoms with Crippen LogP contribution in [0, 0.1) is 13.8 Å². The van der Waals surface area contributed by atoms with E-state index in [4.69, 9.17) is 4.74 Å². The Morgan fingerprint density at radius 1 is 1.06 bits per heavy atom. The minimum absolute atomic E-state index is 0.156. The van der Waals surface area contributed by atoms with Gasteiger partial charge in [-0.05, 0) is 73.5 Å². The van der Waals surface area contributed by atoms with Crippen LogP contribution in [0.2, 0.25) is 0 Å². The van der Waals surface area contributed by atoms with Gasteiger partial charge in [0.25, 0.3) is 0 Å². The highest BCUT2D eigenvalue weighted by molar-refractivity contribution is 7.91. The van der Waals surface area contributed by atoms with Crippen molar-refractivity contribution in [3.8, 4) is 5.75 Å². The van der Waals surface area contributed by atoms with Gasteiger partial charge in [-0.25, -0.2) is 13.4 Å². The van der Waals surface area contributed by atoms with Crippen LogP contribution >= 0.6 is 11.3 Å². The number of thiazole rings is 1. The van der Waals surface area contributed by atoms with Crippen molar-refractivity contribution in [2.75, 3.05) is 17.8 Å². The first-order valence-corrected chi connectivity index (χ1v) is 13.2. The molecule has 2 aromatic heterocycles. The lowest BCUT2D eigenvalue weighted by molar-refractivity contribution is -0.118. The molecule has 176 valence electrons. The van der Waals surface area contributed by atoms with E-state index in [9.17, 15) is 13.2 Å². The van der Waals surface area contributed by atoms with E-state index in [0.717, 1.165) is 21.3 Å². The first-order chi connectivity index (χ1) is 16.3. The third kappa shape index (κ3) is 5.26. The number of anilines is 1. The zero-order valence-corrected chi connectivity index (χ0v) is 20.8. The molecule has 0 unspecified atom stereocenters. The molecule has 4 aromatic rings. The molecule has 0 saturated carbocycles. The average molecular weight is 496 g/mol. The molecule has 0 fully saturated rings. The van der Waals surface area contributed by atoms with Crippen LogP contribution in [-0.4, -0.2) is 37.2 Å². The monoisotopic (exact) mass is 495 g/mol. The van der Waals surface area contributed by atoms with Gasteiger partial charge in [0.2, 0.25) is 5.91 Å². The second-order valence-corrected chi connectivity index (χ2v) is 11.1. The van der Waals surface area contributed by atoms with Gasteiger partial charge in [-0.15, -0.1) is 0 Å². The maximum atomic E-state index is 13.3. The molecule has 0 radical (unpaired) electrons. The molecule has 2 aromatic carbocycles. The molecule has 0 spiro atoms. The normalized spacial score (nSPS) is 11.5. The second-order valence-electron chi connectivity index (χ2n) is 7.95. The quantitative estimate of drug-likeness (QED) is 0.352. The fourth-order valence-electron chi connectivity index (χ4n) is 3.46. The van der Waals surface area contributed by atoms with Crippen LogP contribution in [0.1, 0.15) is 23.2 Å². The van der Waals surface area contributed by atoms with Crippen molar-refractivity contribution in [2.24, 2.45) is 0 Å². The summed E-state index contributed by atoms with van der Waals surface area (Å²) in [6.45, 7) is 4.27. The highest BCUT2D eigenvalue weighted by atomic mass is 32.2.